The molecule has 5 nitrogen and oxygen atoms in total. The molecule has 6 heteroatoms. The van der Waals surface area contributed by atoms with Gasteiger partial charge in [-0.1, -0.05) is 15.9 Å². The summed E-state index contributed by atoms with van der Waals surface area (Å²) in [7, 11) is 1.61. The van der Waals surface area contributed by atoms with Gasteiger partial charge >= 0.3 is 5.97 Å². The van der Waals surface area contributed by atoms with Crippen LogP contribution in [0.1, 0.15) is 27.9 Å². The van der Waals surface area contributed by atoms with Crippen molar-refractivity contribution in [2.45, 2.75) is 6.92 Å². The average molecular weight is 275 g/mol. The van der Waals surface area contributed by atoms with E-state index in [4.69, 9.17) is 4.74 Å². The van der Waals surface area contributed by atoms with Crippen LogP contribution in [0.4, 0.5) is 0 Å². The number of nitrogens with zero attached hydrogens (tertiary/aromatic N) is 2. The number of aromatic nitrogens is 2. The molecule has 0 unspecified atom stereocenters. The number of esters is 1. The zero-order valence-electron chi connectivity index (χ0n) is 8.49. The second-order valence-corrected chi connectivity index (χ2v) is 3.38. The molecule has 0 aliphatic rings. The number of alkyl halides is 1. The van der Waals surface area contributed by atoms with Crippen molar-refractivity contribution in [3.63, 3.8) is 0 Å². The maximum atomic E-state index is 11.4. The number of halogens is 1. The van der Waals surface area contributed by atoms with Crippen molar-refractivity contribution in [1.82, 2.24) is 9.78 Å². The predicted molar refractivity (Wildman–Crippen MR) is 57.3 cm³/mol. The van der Waals surface area contributed by atoms with E-state index in [0.29, 0.717) is 5.69 Å². The van der Waals surface area contributed by atoms with Gasteiger partial charge in [-0.3, -0.25) is 9.48 Å². The summed E-state index contributed by atoms with van der Waals surface area (Å²) in [5.41, 5.74) is 0.540. The number of ketones is 1. The number of aryl methyl sites for hydroxylation is 1. The third kappa shape index (κ3) is 2.65. The standard InChI is InChI=1S/C9H11BrN2O3/c1-3-15-9(14)6-4-7(8(13)5-10)12(2)11-6/h4H,3,5H2,1-2H3. The van der Waals surface area contributed by atoms with Crippen molar-refractivity contribution in [3.05, 3.63) is 17.5 Å². The van der Waals surface area contributed by atoms with E-state index < -0.39 is 5.97 Å². The van der Waals surface area contributed by atoms with Gasteiger partial charge in [-0.2, -0.15) is 5.10 Å². The van der Waals surface area contributed by atoms with E-state index in [1.54, 1.807) is 14.0 Å². The number of carbonyl (C=O) groups excluding carboxylic acids is 2. The Hall–Kier alpha value is -1.17. The van der Waals surface area contributed by atoms with Gasteiger partial charge in [-0.05, 0) is 6.92 Å². The zero-order chi connectivity index (χ0) is 11.4. The molecule has 0 amide bonds. The van der Waals surface area contributed by atoms with Crippen LogP contribution in [0.3, 0.4) is 0 Å². The number of ether oxygens (including phenoxy) is 1. The molecule has 1 heterocycles. The normalized spacial score (nSPS) is 10.1. The molecule has 0 aliphatic carbocycles. The molecule has 0 fully saturated rings. The Kier molecular flexibility index (Phi) is 4.02. The number of hydrogen-bond donors (Lipinski definition) is 0. The summed E-state index contributed by atoms with van der Waals surface area (Å²) >= 11 is 3.06. The minimum atomic E-state index is -0.512. The van der Waals surface area contributed by atoms with E-state index in [0.717, 1.165) is 0 Å². The average Bonchev–Trinajstić information content (AvgIpc) is 2.60. The first kappa shape index (κ1) is 11.9. The Morgan fingerprint density at radius 2 is 2.27 bits per heavy atom. The second kappa shape index (κ2) is 5.06. The molecule has 0 saturated heterocycles. The molecule has 0 saturated carbocycles. The minimum absolute atomic E-state index is 0.124. The fraction of sp³-hybridized carbons (Fsp3) is 0.444. The van der Waals surface area contributed by atoms with Gasteiger partial charge in [0.1, 0.15) is 5.69 Å². The fourth-order valence-corrected chi connectivity index (χ4v) is 1.39. The van der Waals surface area contributed by atoms with Crippen molar-refractivity contribution in [2.24, 2.45) is 7.05 Å². The van der Waals surface area contributed by atoms with Crippen LogP contribution < -0.4 is 0 Å². The van der Waals surface area contributed by atoms with Gasteiger partial charge < -0.3 is 4.74 Å². The van der Waals surface area contributed by atoms with Gasteiger partial charge in [0.15, 0.2) is 11.5 Å². The Labute approximate surface area is 95.5 Å². The Bertz CT molecular complexity index is 387. The minimum Gasteiger partial charge on any atom is -0.461 e. The van der Waals surface area contributed by atoms with Crippen molar-refractivity contribution in [2.75, 3.05) is 11.9 Å². The quantitative estimate of drug-likeness (QED) is 0.470. The molecule has 0 bridgehead atoms. The molecule has 1 aromatic rings. The lowest BCUT2D eigenvalue weighted by Gasteiger charge is -1.95. The zero-order valence-corrected chi connectivity index (χ0v) is 10.1. The lowest BCUT2D eigenvalue weighted by molar-refractivity contribution is 0.0518. The topological polar surface area (TPSA) is 61.2 Å². The highest BCUT2D eigenvalue weighted by atomic mass is 79.9. The Balaban J connectivity index is 2.95. The third-order valence-electron chi connectivity index (χ3n) is 1.77. The highest BCUT2D eigenvalue weighted by molar-refractivity contribution is 9.09. The van der Waals surface area contributed by atoms with E-state index in [9.17, 15) is 9.59 Å². The van der Waals surface area contributed by atoms with Gasteiger partial charge in [0.25, 0.3) is 0 Å². The van der Waals surface area contributed by atoms with Crippen molar-refractivity contribution in [1.29, 1.82) is 0 Å². The molecular formula is C9H11BrN2O3. The van der Waals surface area contributed by atoms with E-state index in [2.05, 4.69) is 21.0 Å². The second-order valence-electron chi connectivity index (χ2n) is 2.82. The van der Waals surface area contributed by atoms with Gasteiger partial charge in [0.2, 0.25) is 0 Å². The molecule has 15 heavy (non-hydrogen) atoms. The summed E-state index contributed by atoms with van der Waals surface area (Å²) in [6.07, 6.45) is 0. The van der Waals surface area contributed by atoms with Crippen LogP contribution in [0.5, 0.6) is 0 Å². The van der Waals surface area contributed by atoms with Crippen LogP contribution in [0, 0.1) is 0 Å². The van der Waals surface area contributed by atoms with Crippen LogP contribution in [-0.4, -0.2) is 33.5 Å². The number of rotatable bonds is 4. The van der Waals surface area contributed by atoms with E-state index in [1.165, 1.54) is 10.7 Å². The number of carbonyl (C=O) groups is 2. The first-order chi connectivity index (χ1) is 7.10. The molecule has 0 aromatic carbocycles. The number of Topliss-reactive ketones (excluding diaryl/α,β-unsaturated/α-hetero) is 1. The van der Waals surface area contributed by atoms with Crippen molar-refractivity contribution >= 4 is 27.7 Å². The third-order valence-corrected chi connectivity index (χ3v) is 2.28. The monoisotopic (exact) mass is 274 g/mol. The van der Waals surface area contributed by atoms with Gasteiger partial charge in [0.05, 0.1) is 11.9 Å². The highest BCUT2D eigenvalue weighted by Crippen LogP contribution is 2.07. The van der Waals surface area contributed by atoms with Gasteiger partial charge in [-0.15, -0.1) is 0 Å². The molecule has 1 rings (SSSR count). The SMILES string of the molecule is CCOC(=O)c1cc(C(=O)CBr)n(C)n1. The van der Waals surface area contributed by atoms with Gasteiger partial charge in [0, 0.05) is 13.1 Å². The molecule has 0 N–H and O–H groups in total. The van der Waals surface area contributed by atoms with Crippen LogP contribution in [0.2, 0.25) is 0 Å². The summed E-state index contributed by atoms with van der Waals surface area (Å²) in [4.78, 5) is 22.7. The largest absolute Gasteiger partial charge is 0.461 e. The van der Waals surface area contributed by atoms with Crippen LogP contribution >= 0.6 is 15.9 Å². The predicted octanol–water partition coefficient (Wildman–Crippen LogP) is 1.17. The van der Waals surface area contributed by atoms with E-state index in [-0.39, 0.29) is 23.4 Å². The highest BCUT2D eigenvalue weighted by Gasteiger charge is 2.17. The smallest absolute Gasteiger partial charge is 0.358 e. The first-order valence-electron chi connectivity index (χ1n) is 4.40. The van der Waals surface area contributed by atoms with Crippen molar-refractivity contribution in [3.8, 4) is 0 Å². The molecule has 0 aliphatic heterocycles. The Morgan fingerprint density at radius 3 is 2.80 bits per heavy atom. The summed E-state index contributed by atoms with van der Waals surface area (Å²) in [6, 6.07) is 1.43. The molecular weight excluding hydrogens is 264 g/mol. The van der Waals surface area contributed by atoms with Crippen LogP contribution in [0.15, 0.2) is 6.07 Å². The molecule has 1 aromatic heterocycles. The Morgan fingerprint density at radius 1 is 1.60 bits per heavy atom. The molecule has 0 atom stereocenters. The molecule has 82 valence electrons. The molecule has 0 spiro atoms. The number of hydrogen-bond acceptors (Lipinski definition) is 4. The van der Waals surface area contributed by atoms with E-state index >= 15 is 0 Å². The first-order valence-corrected chi connectivity index (χ1v) is 5.52. The lowest BCUT2D eigenvalue weighted by atomic mass is 10.3. The fourth-order valence-electron chi connectivity index (χ4n) is 1.10. The molecule has 0 radical (unpaired) electrons. The maximum Gasteiger partial charge on any atom is 0.358 e. The maximum absolute atomic E-state index is 11.4. The van der Waals surface area contributed by atoms with Crippen LogP contribution in [-0.2, 0) is 11.8 Å². The van der Waals surface area contributed by atoms with E-state index in [1.807, 2.05) is 0 Å². The summed E-state index contributed by atoms with van der Waals surface area (Å²) in [5, 5.41) is 4.10. The lowest BCUT2D eigenvalue weighted by Crippen LogP contribution is -2.07. The summed E-state index contributed by atoms with van der Waals surface area (Å²) < 4.78 is 6.14. The van der Waals surface area contributed by atoms with Crippen molar-refractivity contribution < 1.29 is 14.3 Å². The van der Waals surface area contributed by atoms with Gasteiger partial charge in [-0.25, -0.2) is 4.79 Å². The summed E-state index contributed by atoms with van der Waals surface area (Å²) in [5.74, 6) is -0.637. The summed E-state index contributed by atoms with van der Waals surface area (Å²) in [6.45, 7) is 2.00. The van der Waals surface area contributed by atoms with Crippen LogP contribution in [0.25, 0.3) is 0 Å².